The first-order chi connectivity index (χ1) is 22.2. The average molecular weight is 625 g/mol. The van der Waals surface area contributed by atoms with Crippen LogP contribution in [0.2, 0.25) is 0 Å². The Morgan fingerprint density at radius 3 is 2.02 bits per heavy atom. The molecule has 1 aliphatic rings. The van der Waals surface area contributed by atoms with Crippen LogP contribution in [-0.4, -0.2) is 36.9 Å². The van der Waals surface area contributed by atoms with Crippen molar-refractivity contribution in [1.82, 2.24) is 0 Å². The molecule has 0 spiro atoms. The summed E-state index contributed by atoms with van der Waals surface area (Å²) in [4.78, 5) is 24.0. The summed E-state index contributed by atoms with van der Waals surface area (Å²) in [7, 11) is 0. The number of esters is 2. The molecule has 1 N–H and O–H groups in total. The minimum atomic E-state index is -0.660. The molecule has 3 aromatic rings. The maximum absolute atomic E-state index is 12.0. The lowest BCUT2D eigenvalue weighted by molar-refractivity contribution is -0.144. The van der Waals surface area contributed by atoms with Crippen LogP contribution in [0, 0.1) is 17.8 Å². The zero-order valence-corrected chi connectivity index (χ0v) is 27.9. The van der Waals surface area contributed by atoms with Crippen LogP contribution in [0.15, 0.2) is 85.0 Å². The number of aliphatic hydroxyl groups excluding tert-OH is 1. The van der Waals surface area contributed by atoms with Gasteiger partial charge in [0.2, 0.25) is 0 Å². The second-order valence-corrected chi connectivity index (χ2v) is 13.3. The summed E-state index contributed by atoms with van der Waals surface area (Å²) < 4.78 is 10.7. The van der Waals surface area contributed by atoms with E-state index in [1.54, 1.807) is 6.92 Å². The lowest BCUT2D eigenvalue weighted by atomic mass is 9.78. The van der Waals surface area contributed by atoms with E-state index in [2.05, 4.69) is 80.7 Å². The van der Waals surface area contributed by atoms with Crippen LogP contribution in [0.1, 0.15) is 82.8 Å². The SMILES string of the molecule is C=C(C)C(=O)OCC(COC(=O)C(=C)CO)Cc1ccc(-c2ccc3cc(CCCCC4CCC(CCC)CC4)ccc3c2)cc1. The molecule has 0 heterocycles. The number of aliphatic hydroxyl groups is 1. The fraction of sp³-hybridized carbons (Fsp3) is 0.463. The van der Waals surface area contributed by atoms with Gasteiger partial charge >= 0.3 is 11.9 Å². The number of hydrogen-bond donors (Lipinski definition) is 1. The van der Waals surface area contributed by atoms with E-state index in [1.807, 2.05) is 0 Å². The minimum absolute atomic E-state index is 0.0149. The quantitative estimate of drug-likeness (QED) is 0.0921. The second-order valence-electron chi connectivity index (χ2n) is 13.3. The molecule has 0 bridgehead atoms. The van der Waals surface area contributed by atoms with Crippen molar-refractivity contribution in [2.45, 2.75) is 84.5 Å². The topological polar surface area (TPSA) is 72.8 Å². The third kappa shape index (κ3) is 10.7. The average Bonchev–Trinajstić information content (AvgIpc) is 3.08. The smallest absolute Gasteiger partial charge is 0.335 e. The van der Waals surface area contributed by atoms with Crippen LogP contribution in [0.4, 0.5) is 0 Å². The molecule has 0 aromatic heterocycles. The Morgan fingerprint density at radius 1 is 0.783 bits per heavy atom. The number of hydrogen-bond acceptors (Lipinski definition) is 5. The molecule has 1 aliphatic carbocycles. The Kier molecular flexibility index (Phi) is 13.6. The molecule has 0 saturated heterocycles. The highest BCUT2D eigenvalue weighted by atomic mass is 16.5. The van der Waals surface area contributed by atoms with Gasteiger partial charge in [-0.3, -0.25) is 0 Å². The molecule has 5 nitrogen and oxygen atoms in total. The number of benzene rings is 3. The van der Waals surface area contributed by atoms with Crippen molar-refractivity contribution in [3.63, 3.8) is 0 Å². The van der Waals surface area contributed by atoms with Gasteiger partial charge in [-0.1, -0.05) is 126 Å². The number of aryl methyl sites for hydroxylation is 1. The molecule has 0 aliphatic heterocycles. The first kappa shape index (κ1) is 35.2. The number of carbonyl (C=O) groups excluding carboxylic acids is 2. The molecule has 0 radical (unpaired) electrons. The molecule has 4 rings (SSSR count). The van der Waals surface area contributed by atoms with Crippen LogP contribution < -0.4 is 0 Å². The number of rotatable bonds is 17. The molecule has 1 saturated carbocycles. The summed E-state index contributed by atoms with van der Waals surface area (Å²) in [6.07, 6.45) is 14.2. The molecular weight excluding hydrogens is 572 g/mol. The second kappa shape index (κ2) is 17.9. The Bertz CT molecular complexity index is 1460. The van der Waals surface area contributed by atoms with Crippen LogP contribution >= 0.6 is 0 Å². The van der Waals surface area contributed by atoms with Crippen LogP contribution in [-0.2, 0) is 31.9 Å². The summed E-state index contributed by atoms with van der Waals surface area (Å²) in [5.41, 5.74) is 5.03. The van der Waals surface area contributed by atoms with Gasteiger partial charge in [0.05, 0.1) is 25.4 Å². The van der Waals surface area contributed by atoms with E-state index in [-0.39, 0.29) is 24.7 Å². The van der Waals surface area contributed by atoms with Crippen LogP contribution in [0.3, 0.4) is 0 Å². The molecule has 1 unspecified atom stereocenters. The lowest BCUT2D eigenvalue weighted by Crippen LogP contribution is -2.24. The highest BCUT2D eigenvalue weighted by Gasteiger charge is 2.20. The van der Waals surface area contributed by atoms with E-state index in [9.17, 15) is 9.59 Å². The Morgan fingerprint density at radius 2 is 1.37 bits per heavy atom. The Labute approximate surface area is 275 Å². The summed E-state index contributed by atoms with van der Waals surface area (Å²) in [5.74, 6) is 0.545. The molecule has 1 fully saturated rings. The van der Waals surface area contributed by atoms with Crippen molar-refractivity contribution < 1.29 is 24.2 Å². The van der Waals surface area contributed by atoms with E-state index in [0.717, 1.165) is 34.9 Å². The van der Waals surface area contributed by atoms with Crippen molar-refractivity contribution in [3.8, 4) is 11.1 Å². The molecule has 1 atom stereocenters. The summed E-state index contributed by atoms with van der Waals surface area (Å²) >= 11 is 0. The van der Waals surface area contributed by atoms with Gasteiger partial charge in [0, 0.05) is 11.5 Å². The molecule has 3 aromatic carbocycles. The maximum Gasteiger partial charge on any atom is 0.335 e. The lowest BCUT2D eigenvalue weighted by Gasteiger charge is -2.28. The third-order valence-corrected chi connectivity index (χ3v) is 9.44. The van der Waals surface area contributed by atoms with Crippen LogP contribution in [0.25, 0.3) is 21.9 Å². The number of ether oxygens (including phenoxy) is 2. The fourth-order valence-electron chi connectivity index (χ4n) is 6.62. The zero-order valence-electron chi connectivity index (χ0n) is 27.9. The van der Waals surface area contributed by atoms with Gasteiger partial charge in [-0.25, -0.2) is 9.59 Å². The monoisotopic (exact) mass is 624 g/mol. The van der Waals surface area contributed by atoms with E-state index in [1.165, 1.54) is 74.1 Å². The fourth-order valence-corrected chi connectivity index (χ4v) is 6.62. The van der Waals surface area contributed by atoms with Gasteiger partial charge in [0.25, 0.3) is 0 Å². The molecule has 246 valence electrons. The van der Waals surface area contributed by atoms with Gasteiger partial charge in [-0.15, -0.1) is 0 Å². The van der Waals surface area contributed by atoms with Gasteiger partial charge in [-0.05, 0) is 77.1 Å². The van der Waals surface area contributed by atoms with Crippen molar-refractivity contribution in [1.29, 1.82) is 0 Å². The largest absolute Gasteiger partial charge is 0.462 e. The first-order valence-corrected chi connectivity index (χ1v) is 17.2. The van der Waals surface area contributed by atoms with E-state index >= 15 is 0 Å². The molecular formula is C41H52O5. The predicted octanol–water partition coefficient (Wildman–Crippen LogP) is 9.20. The van der Waals surface area contributed by atoms with Gasteiger partial charge in [-0.2, -0.15) is 0 Å². The number of carbonyl (C=O) groups is 2. The third-order valence-electron chi connectivity index (χ3n) is 9.44. The van der Waals surface area contributed by atoms with Crippen LogP contribution in [0.5, 0.6) is 0 Å². The highest BCUT2D eigenvalue weighted by molar-refractivity contribution is 5.88. The zero-order chi connectivity index (χ0) is 32.9. The molecule has 5 heteroatoms. The van der Waals surface area contributed by atoms with Gasteiger partial charge < -0.3 is 14.6 Å². The number of unbranched alkanes of at least 4 members (excludes halogenated alkanes) is 1. The summed E-state index contributed by atoms with van der Waals surface area (Å²) in [5, 5.41) is 11.7. The van der Waals surface area contributed by atoms with E-state index in [0.29, 0.717) is 12.0 Å². The van der Waals surface area contributed by atoms with Crippen molar-refractivity contribution >= 4 is 22.7 Å². The molecule has 0 amide bonds. The Balaban J connectivity index is 1.30. The van der Waals surface area contributed by atoms with Crippen molar-refractivity contribution in [2.75, 3.05) is 19.8 Å². The highest BCUT2D eigenvalue weighted by Crippen LogP contribution is 2.34. The predicted molar refractivity (Wildman–Crippen MR) is 187 cm³/mol. The van der Waals surface area contributed by atoms with Gasteiger partial charge in [0.1, 0.15) is 0 Å². The van der Waals surface area contributed by atoms with E-state index < -0.39 is 18.5 Å². The maximum atomic E-state index is 12.0. The van der Waals surface area contributed by atoms with Crippen molar-refractivity contribution in [3.05, 3.63) is 96.1 Å². The standard InChI is InChI=1S/C41H52O5/c1-5-8-31-11-13-32(14-12-31)9-6-7-10-33-17-20-39-25-38(22-21-37(39)24-33)36-18-15-34(16-19-36)23-35(27-45-40(43)29(2)3)28-46-41(44)30(4)26-42/h15-22,24-25,31-32,35,42H,2,4-14,23,26-28H2,1,3H3. The minimum Gasteiger partial charge on any atom is -0.462 e. The summed E-state index contributed by atoms with van der Waals surface area (Å²) in [6.45, 7) is 10.7. The van der Waals surface area contributed by atoms with E-state index in [4.69, 9.17) is 14.6 Å². The molecule has 46 heavy (non-hydrogen) atoms. The normalized spacial score (nSPS) is 16.9. The summed E-state index contributed by atoms with van der Waals surface area (Å²) in [6, 6.07) is 21.8. The van der Waals surface area contributed by atoms with Crippen molar-refractivity contribution in [2.24, 2.45) is 17.8 Å². The van der Waals surface area contributed by atoms with Gasteiger partial charge in [0.15, 0.2) is 0 Å². The Hall–Kier alpha value is -3.70. The number of fused-ring (bicyclic) bond motifs is 1. The first-order valence-electron chi connectivity index (χ1n) is 17.2.